The highest BCUT2D eigenvalue weighted by Crippen LogP contribution is 2.39. The first-order chi connectivity index (χ1) is 9.36. The van der Waals surface area contributed by atoms with Gasteiger partial charge >= 0.3 is 0 Å². The predicted molar refractivity (Wildman–Crippen MR) is 76.3 cm³/mol. The Morgan fingerprint density at radius 2 is 1.95 bits per heavy atom. The number of hydrogen-bond donors (Lipinski definition) is 0. The summed E-state index contributed by atoms with van der Waals surface area (Å²) in [5, 5.41) is 0.517. The van der Waals surface area contributed by atoms with Gasteiger partial charge in [0.05, 0.1) is 12.7 Å². The van der Waals surface area contributed by atoms with E-state index in [0.29, 0.717) is 11.8 Å². The van der Waals surface area contributed by atoms with E-state index in [0.717, 1.165) is 5.56 Å². The maximum atomic E-state index is 6.20. The molecule has 0 aliphatic carbocycles. The van der Waals surface area contributed by atoms with Gasteiger partial charge in [0, 0.05) is 17.7 Å². The fourth-order valence-electron chi connectivity index (χ4n) is 2.42. The van der Waals surface area contributed by atoms with E-state index in [-0.39, 0.29) is 12.0 Å². The van der Waals surface area contributed by atoms with Crippen molar-refractivity contribution in [3.05, 3.63) is 77.1 Å². The van der Waals surface area contributed by atoms with Gasteiger partial charge in [-0.2, -0.15) is 0 Å². The molecule has 3 heteroatoms. The van der Waals surface area contributed by atoms with Crippen molar-refractivity contribution in [3.63, 3.8) is 0 Å². The number of benzene rings is 1. The first-order valence-corrected chi connectivity index (χ1v) is 6.67. The Labute approximate surface area is 117 Å². The fourth-order valence-corrected chi connectivity index (χ4v) is 2.65. The van der Waals surface area contributed by atoms with Crippen LogP contribution in [0, 0.1) is 0 Å². The van der Waals surface area contributed by atoms with Crippen LogP contribution in [0.5, 0.6) is 0 Å². The van der Waals surface area contributed by atoms with E-state index >= 15 is 0 Å². The van der Waals surface area contributed by atoms with E-state index in [9.17, 15) is 0 Å². The van der Waals surface area contributed by atoms with Gasteiger partial charge in [-0.15, -0.1) is 0 Å². The summed E-state index contributed by atoms with van der Waals surface area (Å²) in [7, 11) is 0. The number of rotatable bonds is 2. The number of hydrogen-bond acceptors (Lipinski definition) is 2. The van der Waals surface area contributed by atoms with Gasteiger partial charge in [0.25, 0.3) is 0 Å². The zero-order valence-electron chi connectivity index (χ0n) is 10.4. The molecule has 0 amide bonds. The summed E-state index contributed by atoms with van der Waals surface area (Å²) >= 11 is 6.20. The molecule has 1 aliphatic rings. The third-order valence-corrected chi connectivity index (χ3v) is 3.64. The molecule has 0 radical (unpaired) electrons. The number of ether oxygens (including phenoxy) is 1. The molecule has 0 fully saturated rings. The Hall–Kier alpha value is -1.64. The highest BCUT2D eigenvalue weighted by molar-refractivity contribution is 6.30. The lowest BCUT2D eigenvalue weighted by molar-refractivity contribution is 0.0535. The minimum atomic E-state index is -0.0754. The highest BCUT2D eigenvalue weighted by Gasteiger charge is 2.27. The lowest BCUT2D eigenvalue weighted by Gasteiger charge is -2.29. The molecule has 2 atom stereocenters. The van der Waals surface area contributed by atoms with Crippen LogP contribution in [0.25, 0.3) is 0 Å². The molecule has 0 saturated carbocycles. The molecule has 2 aromatic rings. The van der Waals surface area contributed by atoms with Crippen LogP contribution in [0.4, 0.5) is 0 Å². The number of aromatic nitrogens is 1. The van der Waals surface area contributed by atoms with Gasteiger partial charge in [-0.1, -0.05) is 60.2 Å². The summed E-state index contributed by atoms with van der Waals surface area (Å²) in [6, 6.07) is 14.2. The van der Waals surface area contributed by atoms with Crippen molar-refractivity contribution in [2.24, 2.45) is 0 Å². The van der Waals surface area contributed by atoms with Crippen LogP contribution in [-0.4, -0.2) is 11.6 Å². The van der Waals surface area contributed by atoms with E-state index in [4.69, 9.17) is 16.3 Å². The molecule has 1 aromatic heterocycles. The van der Waals surface area contributed by atoms with E-state index in [2.05, 4.69) is 29.3 Å². The van der Waals surface area contributed by atoms with E-state index in [1.807, 2.05) is 30.3 Å². The van der Waals surface area contributed by atoms with Gasteiger partial charge in [0.15, 0.2) is 0 Å². The van der Waals surface area contributed by atoms with Crippen LogP contribution in [-0.2, 0) is 4.74 Å². The van der Waals surface area contributed by atoms with Crippen molar-refractivity contribution in [3.8, 4) is 0 Å². The summed E-state index contributed by atoms with van der Waals surface area (Å²) < 4.78 is 5.90. The summed E-state index contributed by atoms with van der Waals surface area (Å²) in [6.45, 7) is 0.610. The third-order valence-electron chi connectivity index (χ3n) is 3.32. The molecule has 1 aliphatic heterocycles. The third kappa shape index (κ3) is 2.55. The summed E-state index contributed by atoms with van der Waals surface area (Å²) in [4.78, 5) is 4.14. The fraction of sp³-hybridized carbons (Fsp3) is 0.188. The molecule has 0 bridgehead atoms. The lowest BCUT2D eigenvalue weighted by Crippen LogP contribution is -2.18. The van der Waals surface area contributed by atoms with Crippen molar-refractivity contribution in [2.45, 2.75) is 12.0 Å². The smallest absolute Gasteiger partial charge is 0.134 e. The Bertz CT molecular complexity index is 582. The Morgan fingerprint density at radius 3 is 2.74 bits per heavy atom. The van der Waals surface area contributed by atoms with E-state index in [1.165, 1.54) is 5.56 Å². The molecule has 1 aromatic carbocycles. The van der Waals surface area contributed by atoms with Crippen LogP contribution >= 0.6 is 11.6 Å². The normalized spacial score (nSPS) is 22.4. The van der Waals surface area contributed by atoms with Crippen molar-refractivity contribution < 1.29 is 4.74 Å². The van der Waals surface area contributed by atoms with Gasteiger partial charge in [-0.3, -0.25) is 0 Å². The van der Waals surface area contributed by atoms with Gasteiger partial charge in [-0.05, 0) is 11.6 Å². The standard InChI is InChI=1S/C16H14ClNO/c17-16-14(8-4-10-18-16)15-13(9-5-11-19-15)12-6-2-1-3-7-12/h1-10,13,15H,11H2/t13-,15+/m1/s1. The molecule has 0 spiro atoms. The topological polar surface area (TPSA) is 22.1 Å². The molecule has 19 heavy (non-hydrogen) atoms. The van der Waals surface area contributed by atoms with Crippen molar-refractivity contribution in [2.75, 3.05) is 6.61 Å². The molecule has 2 heterocycles. The van der Waals surface area contributed by atoms with Crippen LogP contribution < -0.4 is 0 Å². The lowest BCUT2D eigenvalue weighted by atomic mass is 9.88. The van der Waals surface area contributed by atoms with Crippen molar-refractivity contribution in [1.82, 2.24) is 4.98 Å². The molecular formula is C16H14ClNO. The van der Waals surface area contributed by atoms with E-state index < -0.39 is 0 Å². The first-order valence-electron chi connectivity index (χ1n) is 6.30. The zero-order chi connectivity index (χ0) is 13.1. The molecule has 2 nitrogen and oxygen atoms in total. The maximum Gasteiger partial charge on any atom is 0.134 e. The SMILES string of the molecule is Clc1ncccc1[C@H]1OCC=C[C@@H]1c1ccccc1. The van der Waals surface area contributed by atoms with Gasteiger partial charge < -0.3 is 4.74 Å². The van der Waals surface area contributed by atoms with Crippen molar-refractivity contribution >= 4 is 11.6 Å². The average Bonchev–Trinajstić information content (AvgIpc) is 2.49. The monoisotopic (exact) mass is 271 g/mol. The van der Waals surface area contributed by atoms with Crippen LogP contribution in [0.3, 0.4) is 0 Å². The molecule has 96 valence electrons. The highest BCUT2D eigenvalue weighted by atomic mass is 35.5. The van der Waals surface area contributed by atoms with Crippen LogP contribution in [0.15, 0.2) is 60.8 Å². The molecule has 0 unspecified atom stereocenters. The average molecular weight is 272 g/mol. The quantitative estimate of drug-likeness (QED) is 0.605. The minimum absolute atomic E-state index is 0.0754. The molecule has 0 saturated heterocycles. The second-order valence-electron chi connectivity index (χ2n) is 4.50. The van der Waals surface area contributed by atoms with Gasteiger partial charge in [0.2, 0.25) is 0 Å². The van der Waals surface area contributed by atoms with Crippen molar-refractivity contribution in [1.29, 1.82) is 0 Å². The minimum Gasteiger partial charge on any atom is -0.368 e. The Kier molecular flexibility index (Phi) is 3.62. The first kappa shape index (κ1) is 12.4. The van der Waals surface area contributed by atoms with Gasteiger partial charge in [0.1, 0.15) is 5.15 Å². The second-order valence-corrected chi connectivity index (χ2v) is 4.86. The van der Waals surface area contributed by atoms with E-state index in [1.54, 1.807) is 6.20 Å². The summed E-state index contributed by atoms with van der Waals surface area (Å²) in [6.07, 6.45) is 5.86. The van der Waals surface area contributed by atoms with Crippen LogP contribution in [0.2, 0.25) is 5.15 Å². The Balaban J connectivity index is 2.00. The zero-order valence-corrected chi connectivity index (χ0v) is 11.1. The number of pyridine rings is 1. The molecular weight excluding hydrogens is 258 g/mol. The number of halogens is 1. The van der Waals surface area contributed by atoms with Crippen LogP contribution in [0.1, 0.15) is 23.1 Å². The molecule has 0 N–H and O–H groups in total. The van der Waals surface area contributed by atoms with Gasteiger partial charge in [-0.25, -0.2) is 4.98 Å². The summed E-state index contributed by atoms with van der Waals surface area (Å²) in [5.74, 6) is 0.177. The second kappa shape index (κ2) is 5.55. The largest absolute Gasteiger partial charge is 0.368 e. The maximum absolute atomic E-state index is 6.20. The molecule has 3 rings (SSSR count). The Morgan fingerprint density at radius 1 is 1.11 bits per heavy atom. The number of nitrogens with zero attached hydrogens (tertiary/aromatic N) is 1. The summed E-state index contributed by atoms with van der Waals surface area (Å²) in [5.41, 5.74) is 2.17. The predicted octanol–water partition coefficient (Wildman–Crippen LogP) is 4.15.